The monoisotopic (exact) mass is 444 g/mol. The first kappa shape index (κ1) is 21.8. The van der Waals surface area contributed by atoms with Crippen LogP contribution in [0.1, 0.15) is 35.6 Å². The van der Waals surface area contributed by atoms with Crippen LogP contribution in [0.15, 0.2) is 36.5 Å². The zero-order valence-corrected chi connectivity index (χ0v) is 17.8. The fourth-order valence-electron chi connectivity index (χ4n) is 3.83. The van der Waals surface area contributed by atoms with Gasteiger partial charge in [-0.05, 0) is 49.8 Å². The fourth-order valence-corrected chi connectivity index (χ4v) is 3.83. The highest BCUT2D eigenvalue weighted by Gasteiger charge is 2.36. The fraction of sp³-hybridized carbons (Fsp3) is 0.364. The van der Waals surface area contributed by atoms with Gasteiger partial charge in [0.2, 0.25) is 5.91 Å². The normalized spacial score (nSPS) is 12.0. The second kappa shape index (κ2) is 8.60. The Hall–Kier alpha value is -3.43. The second-order valence-electron chi connectivity index (χ2n) is 7.68. The summed E-state index contributed by atoms with van der Waals surface area (Å²) >= 11 is 0. The maximum absolute atomic E-state index is 12.9. The molecule has 0 unspecified atom stereocenters. The van der Waals surface area contributed by atoms with E-state index < -0.39 is 12.0 Å². The van der Waals surface area contributed by atoms with E-state index in [2.05, 4.69) is 43.1 Å². The molecule has 1 aromatic carbocycles. The van der Waals surface area contributed by atoms with Crippen LogP contribution in [0.2, 0.25) is 0 Å². The zero-order valence-electron chi connectivity index (χ0n) is 17.8. The third-order valence-electron chi connectivity index (χ3n) is 5.48. The van der Waals surface area contributed by atoms with Crippen LogP contribution >= 0.6 is 0 Å². The van der Waals surface area contributed by atoms with Crippen molar-refractivity contribution in [2.24, 2.45) is 0 Å². The molecule has 0 aliphatic rings. The van der Waals surface area contributed by atoms with Crippen molar-refractivity contribution in [2.75, 3.05) is 6.54 Å². The molecule has 0 fully saturated rings. The summed E-state index contributed by atoms with van der Waals surface area (Å²) in [4.78, 5) is 19.9. The highest BCUT2D eigenvalue weighted by molar-refractivity contribution is 5.80. The van der Waals surface area contributed by atoms with E-state index in [1.54, 1.807) is 13.8 Å². The first-order chi connectivity index (χ1) is 15.2. The first-order valence-corrected chi connectivity index (χ1v) is 10.3. The van der Waals surface area contributed by atoms with Crippen molar-refractivity contribution in [1.29, 1.82) is 0 Å². The molecule has 1 amide bonds. The summed E-state index contributed by atoms with van der Waals surface area (Å²) in [5.41, 5.74) is 2.91. The summed E-state index contributed by atoms with van der Waals surface area (Å²) in [6.07, 6.45) is -1.25. The average molecular weight is 444 g/mol. The van der Waals surface area contributed by atoms with Crippen LogP contribution in [0.3, 0.4) is 0 Å². The van der Waals surface area contributed by atoms with Crippen LogP contribution < -0.4 is 5.32 Å². The molecule has 10 heteroatoms. The van der Waals surface area contributed by atoms with Crippen molar-refractivity contribution in [3.63, 3.8) is 0 Å². The molecule has 4 rings (SSSR count). The van der Waals surface area contributed by atoms with Crippen LogP contribution in [-0.4, -0.2) is 36.6 Å². The number of rotatable bonds is 7. The molecule has 1 N–H and O–H groups in total. The molecule has 7 nitrogen and oxygen atoms in total. The Morgan fingerprint density at radius 1 is 1.12 bits per heavy atom. The van der Waals surface area contributed by atoms with Gasteiger partial charge in [0.1, 0.15) is 0 Å². The van der Waals surface area contributed by atoms with E-state index in [0.717, 1.165) is 23.0 Å². The largest absolute Gasteiger partial charge is 0.453 e. The molecule has 0 saturated carbocycles. The molecule has 168 valence electrons. The Morgan fingerprint density at radius 2 is 1.91 bits per heavy atom. The molecular formula is C22H23F3N6O. The Labute approximate surface area is 182 Å². The second-order valence-corrected chi connectivity index (χ2v) is 7.68. The Kier molecular flexibility index (Phi) is 5.86. The number of fused-ring (bicyclic) bond motifs is 2. The third-order valence-corrected chi connectivity index (χ3v) is 5.48. The standard InChI is InChI=1S/C22H23F3N6O/c1-14-17(15(2)31-21(27-14)28-20(29-31)22(23,24)25)8-9-19(32)26-11-5-12-30-13-10-16-6-3-4-7-18(16)30/h3-4,6-7,10,13H,5,8-9,11-12H2,1-2H3,(H,26,32). The smallest absolute Gasteiger partial charge is 0.356 e. The Balaban J connectivity index is 1.32. The lowest BCUT2D eigenvalue weighted by atomic mass is 10.1. The SMILES string of the molecule is Cc1nc2nc(C(F)(F)F)nn2c(C)c1CCC(=O)NCCCn1ccc2ccccc21. The summed E-state index contributed by atoms with van der Waals surface area (Å²) in [5, 5.41) is 7.62. The van der Waals surface area contributed by atoms with Gasteiger partial charge in [-0.1, -0.05) is 18.2 Å². The van der Waals surface area contributed by atoms with E-state index in [4.69, 9.17) is 0 Å². The lowest BCUT2D eigenvalue weighted by molar-refractivity contribution is -0.144. The van der Waals surface area contributed by atoms with Crippen LogP contribution in [0.5, 0.6) is 0 Å². The van der Waals surface area contributed by atoms with Crippen molar-refractivity contribution >= 4 is 22.6 Å². The van der Waals surface area contributed by atoms with E-state index in [1.807, 2.05) is 18.3 Å². The van der Waals surface area contributed by atoms with Gasteiger partial charge in [0.25, 0.3) is 11.6 Å². The van der Waals surface area contributed by atoms with Crippen molar-refractivity contribution < 1.29 is 18.0 Å². The number of halogens is 3. The molecule has 0 bridgehead atoms. The number of para-hydroxylation sites is 1. The zero-order chi connectivity index (χ0) is 22.9. The molecule has 0 spiro atoms. The number of carbonyl (C=O) groups is 1. The Morgan fingerprint density at radius 3 is 2.69 bits per heavy atom. The summed E-state index contributed by atoms with van der Waals surface area (Å²) in [7, 11) is 0. The van der Waals surface area contributed by atoms with Crippen LogP contribution in [0, 0.1) is 13.8 Å². The number of aromatic nitrogens is 5. The van der Waals surface area contributed by atoms with E-state index in [-0.39, 0.29) is 18.1 Å². The van der Waals surface area contributed by atoms with Gasteiger partial charge in [0, 0.05) is 42.6 Å². The first-order valence-electron chi connectivity index (χ1n) is 10.3. The van der Waals surface area contributed by atoms with E-state index >= 15 is 0 Å². The molecule has 0 aliphatic heterocycles. The highest BCUT2D eigenvalue weighted by Crippen LogP contribution is 2.27. The number of carbonyl (C=O) groups excluding carboxylic acids is 1. The summed E-state index contributed by atoms with van der Waals surface area (Å²) in [6, 6.07) is 10.2. The Bertz CT molecular complexity index is 1270. The van der Waals surface area contributed by atoms with Gasteiger partial charge in [-0.3, -0.25) is 4.79 Å². The van der Waals surface area contributed by atoms with Gasteiger partial charge in [-0.15, -0.1) is 5.10 Å². The molecule has 0 aliphatic carbocycles. The number of hydrogen-bond donors (Lipinski definition) is 1. The number of nitrogens with zero attached hydrogens (tertiary/aromatic N) is 5. The maximum Gasteiger partial charge on any atom is 0.453 e. The summed E-state index contributed by atoms with van der Waals surface area (Å²) in [6.45, 7) is 4.69. The van der Waals surface area contributed by atoms with E-state index in [9.17, 15) is 18.0 Å². The molecule has 0 atom stereocenters. The number of amides is 1. The minimum Gasteiger partial charge on any atom is -0.356 e. The predicted octanol–water partition coefficient (Wildman–Crippen LogP) is 3.85. The van der Waals surface area contributed by atoms with Crippen LogP contribution in [0.4, 0.5) is 13.2 Å². The van der Waals surface area contributed by atoms with E-state index in [0.29, 0.717) is 29.9 Å². The molecular weight excluding hydrogens is 421 g/mol. The number of hydrogen-bond acceptors (Lipinski definition) is 4. The minimum absolute atomic E-state index is 0.0990. The highest BCUT2D eigenvalue weighted by atomic mass is 19.4. The van der Waals surface area contributed by atoms with Crippen molar-refractivity contribution in [3.8, 4) is 0 Å². The van der Waals surface area contributed by atoms with Crippen molar-refractivity contribution in [2.45, 2.75) is 45.8 Å². The van der Waals surface area contributed by atoms with Gasteiger partial charge in [0.05, 0.1) is 0 Å². The van der Waals surface area contributed by atoms with Crippen LogP contribution in [-0.2, 0) is 23.9 Å². The molecule has 3 heterocycles. The van der Waals surface area contributed by atoms with Gasteiger partial charge in [0.15, 0.2) is 0 Å². The minimum atomic E-state index is -4.64. The number of nitrogens with one attached hydrogen (secondary N) is 1. The van der Waals surface area contributed by atoms with Gasteiger partial charge >= 0.3 is 6.18 Å². The lowest BCUT2D eigenvalue weighted by Gasteiger charge is -2.11. The topological polar surface area (TPSA) is 77.1 Å². The predicted molar refractivity (Wildman–Crippen MR) is 113 cm³/mol. The van der Waals surface area contributed by atoms with Crippen LogP contribution in [0.25, 0.3) is 16.7 Å². The third kappa shape index (κ3) is 4.44. The lowest BCUT2D eigenvalue weighted by Crippen LogP contribution is -2.25. The summed E-state index contributed by atoms with van der Waals surface area (Å²) in [5.74, 6) is -1.44. The van der Waals surface area contributed by atoms with Crippen molar-refractivity contribution in [3.05, 3.63) is 59.3 Å². The number of aryl methyl sites for hydroxylation is 3. The van der Waals surface area contributed by atoms with Crippen molar-refractivity contribution in [1.82, 2.24) is 29.5 Å². The quantitative estimate of drug-likeness (QED) is 0.439. The van der Waals surface area contributed by atoms with Gasteiger partial charge < -0.3 is 9.88 Å². The molecule has 4 aromatic rings. The average Bonchev–Trinajstić information content (AvgIpc) is 3.35. The summed E-state index contributed by atoms with van der Waals surface area (Å²) < 4.78 is 42.0. The molecule has 32 heavy (non-hydrogen) atoms. The number of alkyl halides is 3. The number of benzene rings is 1. The molecule has 0 saturated heterocycles. The maximum atomic E-state index is 12.9. The van der Waals surface area contributed by atoms with Gasteiger partial charge in [-0.2, -0.15) is 18.2 Å². The van der Waals surface area contributed by atoms with Gasteiger partial charge in [-0.25, -0.2) is 9.50 Å². The van der Waals surface area contributed by atoms with E-state index in [1.165, 1.54) is 5.39 Å². The molecule has 3 aromatic heterocycles. The molecule has 0 radical (unpaired) electrons.